The van der Waals surface area contributed by atoms with Gasteiger partial charge in [0.05, 0.1) is 18.1 Å². The van der Waals surface area contributed by atoms with Crippen molar-refractivity contribution in [3.63, 3.8) is 0 Å². The largest absolute Gasteiger partial charge is 0.324 e. The number of carbonyl (C=O) groups excluding carboxylic acids is 1. The van der Waals surface area contributed by atoms with Gasteiger partial charge < -0.3 is 5.32 Å². The number of halogens is 1. The molecule has 106 valence electrons. The zero-order valence-corrected chi connectivity index (χ0v) is 11.4. The van der Waals surface area contributed by atoms with Crippen LogP contribution in [0.2, 0.25) is 0 Å². The van der Waals surface area contributed by atoms with Gasteiger partial charge in [0.25, 0.3) is 0 Å². The van der Waals surface area contributed by atoms with Crippen LogP contribution >= 0.6 is 0 Å². The molecule has 1 heterocycles. The lowest BCUT2D eigenvalue weighted by atomic mass is 9.51. The summed E-state index contributed by atoms with van der Waals surface area (Å²) in [7, 11) is 0. The highest BCUT2D eigenvalue weighted by atomic mass is 19.1. The molecule has 5 rings (SSSR count). The Kier molecular flexibility index (Phi) is 2.79. The van der Waals surface area contributed by atoms with Gasteiger partial charge in [-0.05, 0) is 55.8 Å². The molecule has 4 aliphatic carbocycles. The van der Waals surface area contributed by atoms with Crippen molar-refractivity contribution in [1.82, 2.24) is 4.98 Å². The van der Waals surface area contributed by atoms with Crippen LogP contribution in [0.5, 0.6) is 0 Å². The number of amides is 1. The quantitative estimate of drug-likeness (QED) is 0.899. The second kappa shape index (κ2) is 4.54. The number of aromatic nitrogens is 1. The number of hydrogen-bond donors (Lipinski definition) is 1. The molecule has 0 radical (unpaired) electrons. The van der Waals surface area contributed by atoms with E-state index in [0.29, 0.717) is 17.5 Å². The topological polar surface area (TPSA) is 42.0 Å². The third-order valence-electron chi connectivity index (χ3n) is 5.50. The first-order chi connectivity index (χ1) is 9.69. The summed E-state index contributed by atoms with van der Waals surface area (Å²) in [6.45, 7) is 0. The highest BCUT2D eigenvalue weighted by molar-refractivity contribution is 5.93. The van der Waals surface area contributed by atoms with Crippen LogP contribution in [0.15, 0.2) is 18.5 Å². The Morgan fingerprint density at radius 3 is 2.35 bits per heavy atom. The van der Waals surface area contributed by atoms with Crippen LogP contribution in [0.4, 0.5) is 10.1 Å². The maximum absolute atomic E-state index is 13.1. The number of carbonyl (C=O) groups is 1. The minimum absolute atomic E-state index is 0.0752. The van der Waals surface area contributed by atoms with E-state index in [2.05, 4.69) is 10.3 Å². The van der Waals surface area contributed by atoms with Crippen LogP contribution in [0.1, 0.15) is 32.1 Å². The molecule has 0 atom stereocenters. The fraction of sp³-hybridized carbons (Fsp3) is 0.625. The Morgan fingerprint density at radius 1 is 1.10 bits per heavy atom. The predicted octanol–water partition coefficient (Wildman–Crippen LogP) is 3.23. The summed E-state index contributed by atoms with van der Waals surface area (Å²) in [5.41, 5.74) is 0.476. The molecule has 1 amide bonds. The van der Waals surface area contributed by atoms with E-state index >= 15 is 0 Å². The van der Waals surface area contributed by atoms with Crippen molar-refractivity contribution in [3.05, 3.63) is 24.3 Å². The van der Waals surface area contributed by atoms with E-state index in [1.165, 1.54) is 44.4 Å². The molecule has 3 nitrogen and oxygen atoms in total. The molecule has 4 fully saturated rings. The van der Waals surface area contributed by atoms with Crippen molar-refractivity contribution in [2.75, 3.05) is 5.32 Å². The molecule has 0 unspecified atom stereocenters. The van der Waals surface area contributed by atoms with Crippen molar-refractivity contribution in [2.24, 2.45) is 29.6 Å². The van der Waals surface area contributed by atoms with E-state index < -0.39 is 5.82 Å². The Bertz CT molecular complexity index is 517. The zero-order valence-electron chi connectivity index (χ0n) is 11.4. The highest BCUT2D eigenvalue weighted by Crippen LogP contribution is 2.56. The van der Waals surface area contributed by atoms with E-state index in [-0.39, 0.29) is 11.8 Å². The van der Waals surface area contributed by atoms with Crippen molar-refractivity contribution >= 4 is 11.6 Å². The standard InChI is InChI=1S/C16H19FN2O/c17-13-6-14(8-18-7-13)19-16(20)15-11-2-9-1-10(4-11)5-12(15)3-9/h6-12,15H,1-5H2,(H,19,20). The molecule has 20 heavy (non-hydrogen) atoms. The second-order valence-electron chi connectivity index (χ2n) is 6.84. The van der Waals surface area contributed by atoms with Crippen LogP contribution in [0.3, 0.4) is 0 Å². The smallest absolute Gasteiger partial charge is 0.228 e. The van der Waals surface area contributed by atoms with Crippen LogP contribution in [-0.4, -0.2) is 10.9 Å². The van der Waals surface area contributed by atoms with Crippen LogP contribution in [-0.2, 0) is 4.79 Å². The van der Waals surface area contributed by atoms with Gasteiger partial charge in [-0.25, -0.2) is 4.39 Å². The predicted molar refractivity (Wildman–Crippen MR) is 73.4 cm³/mol. The van der Waals surface area contributed by atoms with Gasteiger partial charge in [0, 0.05) is 12.0 Å². The number of anilines is 1. The first-order valence-electron chi connectivity index (χ1n) is 7.60. The van der Waals surface area contributed by atoms with E-state index in [1.54, 1.807) is 0 Å². The molecule has 4 bridgehead atoms. The van der Waals surface area contributed by atoms with E-state index in [9.17, 15) is 9.18 Å². The Hall–Kier alpha value is -1.45. The number of hydrogen-bond acceptors (Lipinski definition) is 2. The molecule has 4 heteroatoms. The van der Waals surface area contributed by atoms with Gasteiger partial charge in [-0.3, -0.25) is 9.78 Å². The molecule has 1 aromatic rings. The molecule has 0 spiro atoms. The normalized spacial score (nSPS) is 38.0. The summed E-state index contributed by atoms with van der Waals surface area (Å²) in [5, 5.41) is 2.87. The zero-order chi connectivity index (χ0) is 13.7. The van der Waals surface area contributed by atoms with Crippen molar-refractivity contribution in [3.8, 4) is 0 Å². The third kappa shape index (κ3) is 2.02. The molecular formula is C16H19FN2O. The van der Waals surface area contributed by atoms with Crippen LogP contribution in [0.25, 0.3) is 0 Å². The Morgan fingerprint density at radius 2 is 1.75 bits per heavy atom. The van der Waals surface area contributed by atoms with Crippen molar-refractivity contribution < 1.29 is 9.18 Å². The number of nitrogens with zero attached hydrogens (tertiary/aromatic N) is 1. The van der Waals surface area contributed by atoms with E-state index in [1.807, 2.05) is 0 Å². The fourth-order valence-electron chi connectivity index (χ4n) is 5.06. The maximum Gasteiger partial charge on any atom is 0.228 e. The molecule has 0 aliphatic heterocycles. The number of pyridine rings is 1. The minimum Gasteiger partial charge on any atom is -0.324 e. The van der Waals surface area contributed by atoms with Crippen molar-refractivity contribution in [2.45, 2.75) is 32.1 Å². The first-order valence-corrected chi connectivity index (χ1v) is 7.60. The summed E-state index contributed by atoms with van der Waals surface area (Å²) in [5.74, 6) is 2.61. The molecule has 1 N–H and O–H groups in total. The highest BCUT2D eigenvalue weighted by Gasteiger charge is 2.50. The SMILES string of the molecule is O=C(Nc1cncc(F)c1)C1C2CC3CC(C2)CC1C3. The lowest BCUT2D eigenvalue weighted by molar-refractivity contribution is -0.132. The lowest BCUT2D eigenvalue weighted by Gasteiger charge is -2.53. The Balaban J connectivity index is 1.51. The average Bonchev–Trinajstić information content (AvgIpc) is 2.37. The van der Waals surface area contributed by atoms with Crippen LogP contribution in [0, 0.1) is 35.4 Å². The van der Waals surface area contributed by atoms with E-state index in [4.69, 9.17) is 0 Å². The summed E-state index contributed by atoms with van der Waals surface area (Å²) in [6.07, 6.45) is 8.91. The lowest BCUT2D eigenvalue weighted by Crippen LogP contribution is -2.49. The van der Waals surface area contributed by atoms with Gasteiger partial charge >= 0.3 is 0 Å². The van der Waals surface area contributed by atoms with Gasteiger partial charge in [0.1, 0.15) is 5.82 Å². The molecule has 1 aromatic heterocycles. The summed E-state index contributed by atoms with van der Waals surface area (Å²) in [6, 6.07) is 1.33. The third-order valence-corrected chi connectivity index (χ3v) is 5.50. The first kappa shape index (κ1) is 12.3. The average molecular weight is 274 g/mol. The summed E-state index contributed by atoms with van der Waals surface area (Å²) < 4.78 is 13.1. The molecular weight excluding hydrogens is 255 g/mol. The summed E-state index contributed by atoms with van der Waals surface area (Å²) >= 11 is 0. The van der Waals surface area contributed by atoms with Gasteiger partial charge in [-0.2, -0.15) is 0 Å². The molecule has 4 aliphatic rings. The minimum atomic E-state index is -0.409. The second-order valence-corrected chi connectivity index (χ2v) is 6.84. The van der Waals surface area contributed by atoms with E-state index in [0.717, 1.165) is 18.0 Å². The summed E-state index contributed by atoms with van der Waals surface area (Å²) in [4.78, 5) is 16.3. The molecule has 0 aromatic carbocycles. The number of rotatable bonds is 2. The van der Waals surface area contributed by atoms with Gasteiger partial charge in [-0.15, -0.1) is 0 Å². The van der Waals surface area contributed by atoms with Gasteiger partial charge in [-0.1, -0.05) is 0 Å². The van der Waals surface area contributed by atoms with Crippen LogP contribution < -0.4 is 5.32 Å². The van der Waals surface area contributed by atoms with Crippen molar-refractivity contribution in [1.29, 1.82) is 0 Å². The maximum atomic E-state index is 13.1. The number of nitrogens with one attached hydrogen (secondary N) is 1. The van der Waals surface area contributed by atoms with Gasteiger partial charge in [0.15, 0.2) is 0 Å². The monoisotopic (exact) mass is 274 g/mol. The fourth-order valence-corrected chi connectivity index (χ4v) is 5.06. The van der Waals surface area contributed by atoms with Gasteiger partial charge in [0.2, 0.25) is 5.91 Å². The molecule has 4 saturated carbocycles. The Labute approximate surface area is 118 Å². The molecule has 0 saturated heterocycles.